The highest BCUT2D eigenvalue weighted by molar-refractivity contribution is 6.30. The number of rotatable bonds is 3. The lowest BCUT2D eigenvalue weighted by atomic mass is 10.1. The van der Waals surface area contributed by atoms with Crippen LogP contribution in [-0.2, 0) is 6.18 Å². The Labute approximate surface area is 101 Å². The number of anilines is 1. The second kappa shape index (κ2) is 5.46. The van der Waals surface area contributed by atoms with Crippen LogP contribution in [0.15, 0.2) is 29.8 Å². The Morgan fingerprint density at radius 2 is 2.00 bits per heavy atom. The SMILES string of the molecule is FC(F)(F)c1cc(Cl)ccc1NC/C=C/Cl. The quantitative estimate of drug-likeness (QED) is 0.851. The van der Waals surface area contributed by atoms with Gasteiger partial charge < -0.3 is 5.32 Å². The largest absolute Gasteiger partial charge is 0.418 e. The molecule has 1 rings (SSSR count). The van der Waals surface area contributed by atoms with Crippen molar-refractivity contribution in [2.24, 2.45) is 0 Å². The van der Waals surface area contributed by atoms with E-state index in [-0.39, 0.29) is 17.3 Å². The van der Waals surface area contributed by atoms with Crippen molar-refractivity contribution in [1.29, 1.82) is 0 Å². The molecule has 0 fully saturated rings. The van der Waals surface area contributed by atoms with Crippen molar-refractivity contribution in [3.63, 3.8) is 0 Å². The molecule has 88 valence electrons. The molecule has 0 heterocycles. The maximum atomic E-state index is 12.6. The average Bonchev–Trinajstić information content (AvgIpc) is 2.19. The fourth-order valence-corrected chi connectivity index (χ4v) is 1.38. The molecule has 1 aromatic carbocycles. The summed E-state index contributed by atoms with van der Waals surface area (Å²) in [5.41, 5.74) is 0.422. The van der Waals surface area contributed by atoms with Crippen molar-refractivity contribution in [2.45, 2.75) is 6.18 Å². The van der Waals surface area contributed by atoms with Crippen molar-refractivity contribution in [3.8, 4) is 0 Å². The van der Waals surface area contributed by atoms with Crippen LogP contribution in [0.2, 0.25) is 5.02 Å². The fraction of sp³-hybridized carbons (Fsp3) is 0.200. The normalized spacial score (nSPS) is 12.1. The van der Waals surface area contributed by atoms with Crippen LogP contribution in [0.1, 0.15) is 5.56 Å². The Balaban J connectivity index is 2.99. The third kappa shape index (κ3) is 3.61. The lowest BCUT2D eigenvalue weighted by Gasteiger charge is -2.13. The summed E-state index contributed by atoms with van der Waals surface area (Å²) in [6.07, 6.45) is -2.94. The topological polar surface area (TPSA) is 12.0 Å². The minimum Gasteiger partial charge on any atom is -0.381 e. The number of halogens is 5. The summed E-state index contributed by atoms with van der Waals surface area (Å²) in [5, 5.41) is 2.65. The van der Waals surface area contributed by atoms with Gasteiger partial charge >= 0.3 is 6.18 Å². The number of hydrogen-bond donors (Lipinski definition) is 1. The van der Waals surface area contributed by atoms with E-state index < -0.39 is 11.7 Å². The molecule has 0 aromatic heterocycles. The summed E-state index contributed by atoms with van der Waals surface area (Å²) in [4.78, 5) is 0. The smallest absolute Gasteiger partial charge is 0.381 e. The molecule has 1 nitrogen and oxygen atoms in total. The summed E-state index contributed by atoms with van der Waals surface area (Å²) < 4.78 is 37.8. The molecule has 0 atom stereocenters. The van der Waals surface area contributed by atoms with Crippen LogP contribution >= 0.6 is 23.2 Å². The zero-order valence-electron chi connectivity index (χ0n) is 7.98. The van der Waals surface area contributed by atoms with Gasteiger partial charge in [-0.2, -0.15) is 13.2 Å². The maximum Gasteiger partial charge on any atom is 0.418 e. The minimum atomic E-state index is -4.43. The van der Waals surface area contributed by atoms with Gasteiger partial charge in [-0.1, -0.05) is 29.3 Å². The maximum absolute atomic E-state index is 12.6. The van der Waals surface area contributed by atoms with Gasteiger partial charge in [-0.25, -0.2) is 0 Å². The number of benzene rings is 1. The Bertz CT molecular complexity index is 388. The van der Waals surface area contributed by atoms with E-state index in [4.69, 9.17) is 23.2 Å². The molecule has 0 aliphatic heterocycles. The van der Waals surface area contributed by atoms with Crippen LogP contribution in [0.5, 0.6) is 0 Å². The molecule has 0 radical (unpaired) electrons. The molecule has 0 aliphatic rings. The van der Waals surface area contributed by atoms with Crippen molar-refractivity contribution in [2.75, 3.05) is 11.9 Å². The van der Waals surface area contributed by atoms with Crippen LogP contribution in [0.3, 0.4) is 0 Å². The Hall–Kier alpha value is -0.870. The Morgan fingerprint density at radius 3 is 2.56 bits per heavy atom. The van der Waals surface area contributed by atoms with Gasteiger partial charge in [-0.05, 0) is 18.2 Å². The van der Waals surface area contributed by atoms with Gasteiger partial charge in [-0.15, -0.1) is 0 Å². The summed E-state index contributed by atoms with van der Waals surface area (Å²) >= 11 is 10.8. The van der Waals surface area contributed by atoms with Gasteiger partial charge in [0.25, 0.3) is 0 Å². The van der Waals surface area contributed by atoms with Gasteiger partial charge in [-0.3, -0.25) is 0 Å². The molecule has 0 bridgehead atoms. The van der Waals surface area contributed by atoms with E-state index in [1.807, 2.05) is 0 Å². The van der Waals surface area contributed by atoms with Gasteiger partial charge in [0.1, 0.15) is 0 Å². The molecule has 0 saturated heterocycles. The van der Waals surface area contributed by atoms with Crippen LogP contribution < -0.4 is 5.32 Å². The first kappa shape index (κ1) is 13.2. The predicted molar refractivity (Wildman–Crippen MR) is 59.9 cm³/mol. The van der Waals surface area contributed by atoms with Crippen molar-refractivity contribution in [1.82, 2.24) is 0 Å². The minimum absolute atomic E-state index is 0.0216. The van der Waals surface area contributed by atoms with E-state index in [0.29, 0.717) is 0 Å². The van der Waals surface area contributed by atoms with E-state index in [0.717, 1.165) is 6.07 Å². The molecular formula is C10H8Cl2F3N. The third-order valence-corrected chi connectivity index (χ3v) is 2.20. The Kier molecular flexibility index (Phi) is 4.50. The van der Waals surface area contributed by atoms with E-state index in [1.54, 1.807) is 0 Å². The molecule has 0 amide bonds. The number of hydrogen-bond acceptors (Lipinski definition) is 1. The summed E-state index contributed by atoms with van der Waals surface area (Å²) in [5.74, 6) is 0. The standard InChI is InChI=1S/C10H8Cl2F3N/c11-4-1-5-16-9-3-2-7(12)6-8(9)10(13,14)15/h1-4,6,16H,5H2/b4-1+. The van der Waals surface area contributed by atoms with Crippen LogP contribution in [-0.4, -0.2) is 6.54 Å². The average molecular weight is 270 g/mol. The van der Waals surface area contributed by atoms with Crippen molar-refractivity contribution >= 4 is 28.9 Å². The summed E-state index contributed by atoms with van der Waals surface area (Å²) in [6, 6.07) is 3.56. The molecule has 1 aromatic rings. The molecular weight excluding hydrogens is 262 g/mol. The lowest BCUT2D eigenvalue weighted by Crippen LogP contribution is -2.10. The van der Waals surface area contributed by atoms with Crippen LogP contribution in [0.4, 0.5) is 18.9 Å². The summed E-state index contributed by atoms with van der Waals surface area (Å²) in [7, 11) is 0. The second-order valence-electron chi connectivity index (χ2n) is 2.93. The number of alkyl halides is 3. The number of nitrogens with one attached hydrogen (secondary N) is 1. The van der Waals surface area contributed by atoms with Crippen LogP contribution in [0.25, 0.3) is 0 Å². The van der Waals surface area contributed by atoms with E-state index in [9.17, 15) is 13.2 Å². The molecule has 0 saturated carbocycles. The zero-order chi connectivity index (χ0) is 12.2. The Morgan fingerprint density at radius 1 is 1.31 bits per heavy atom. The molecule has 0 spiro atoms. The van der Waals surface area contributed by atoms with Crippen molar-refractivity contribution < 1.29 is 13.2 Å². The van der Waals surface area contributed by atoms with Crippen LogP contribution in [0, 0.1) is 0 Å². The van der Waals surface area contributed by atoms with Gasteiger partial charge in [0.15, 0.2) is 0 Å². The van der Waals surface area contributed by atoms with Gasteiger partial charge in [0.2, 0.25) is 0 Å². The first-order valence-electron chi connectivity index (χ1n) is 4.31. The summed E-state index contributed by atoms with van der Waals surface area (Å²) in [6.45, 7) is 0.216. The fourth-order valence-electron chi connectivity index (χ4n) is 1.12. The third-order valence-electron chi connectivity index (χ3n) is 1.79. The van der Waals surface area contributed by atoms with E-state index in [2.05, 4.69) is 5.32 Å². The molecule has 0 aliphatic carbocycles. The lowest BCUT2D eigenvalue weighted by molar-refractivity contribution is -0.136. The molecule has 6 heteroatoms. The first-order valence-corrected chi connectivity index (χ1v) is 5.12. The molecule has 1 N–H and O–H groups in total. The van der Waals surface area contributed by atoms with Gasteiger partial charge in [0, 0.05) is 22.8 Å². The highest BCUT2D eigenvalue weighted by Crippen LogP contribution is 2.36. The highest BCUT2D eigenvalue weighted by atomic mass is 35.5. The van der Waals surface area contributed by atoms with E-state index >= 15 is 0 Å². The molecule has 16 heavy (non-hydrogen) atoms. The molecule has 0 unspecified atom stereocenters. The zero-order valence-corrected chi connectivity index (χ0v) is 9.50. The van der Waals surface area contributed by atoms with E-state index in [1.165, 1.54) is 23.7 Å². The monoisotopic (exact) mass is 269 g/mol. The van der Waals surface area contributed by atoms with Gasteiger partial charge in [0.05, 0.1) is 5.56 Å². The van der Waals surface area contributed by atoms with Crippen molar-refractivity contribution in [3.05, 3.63) is 40.4 Å². The first-order chi connectivity index (χ1) is 7.45. The second-order valence-corrected chi connectivity index (χ2v) is 3.62. The predicted octanol–water partition coefficient (Wildman–Crippen LogP) is 4.52. The highest BCUT2D eigenvalue weighted by Gasteiger charge is 2.33.